The molecular formula is C15H29N3O. The van der Waals surface area contributed by atoms with Crippen molar-refractivity contribution in [3.8, 4) is 0 Å². The number of carbonyl (C=O) groups is 1. The van der Waals surface area contributed by atoms with Crippen molar-refractivity contribution < 1.29 is 4.79 Å². The molecule has 1 amide bonds. The van der Waals surface area contributed by atoms with Crippen LogP contribution in [0.1, 0.15) is 59.3 Å². The number of carbonyl (C=O) groups excluding carboxylic acids is 1. The summed E-state index contributed by atoms with van der Waals surface area (Å²) in [6.07, 6.45) is 5.80. The molecule has 1 heterocycles. The van der Waals surface area contributed by atoms with E-state index in [4.69, 9.17) is 5.73 Å². The van der Waals surface area contributed by atoms with Gasteiger partial charge in [0.05, 0.1) is 0 Å². The zero-order chi connectivity index (χ0) is 14.1. The SMILES string of the molecule is CC(C)(C)N1CCC(NC(=O)CC2(N)CCC2)CC1. The minimum absolute atomic E-state index is 0.149. The van der Waals surface area contributed by atoms with Gasteiger partial charge in [0.25, 0.3) is 0 Å². The van der Waals surface area contributed by atoms with E-state index in [9.17, 15) is 4.79 Å². The fourth-order valence-electron chi connectivity index (χ4n) is 3.10. The standard InChI is InChI=1S/C15H29N3O/c1-14(2,3)18-9-5-12(6-10-18)17-13(19)11-15(16)7-4-8-15/h12H,4-11,16H2,1-3H3,(H,17,19). The van der Waals surface area contributed by atoms with Crippen LogP contribution in [0.5, 0.6) is 0 Å². The lowest BCUT2D eigenvalue weighted by Gasteiger charge is -2.41. The number of nitrogens with zero attached hydrogens (tertiary/aromatic N) is 1. The Morgan fingerprint density at radius 1 is 1.32 bits per heavy atom. The van der Waals surface area contributed by atoms with Crippen molar-refractivity contribution in [1.82, 2.24) is 10.2 Å². The van der Waals surface area contributed by atoms with Crippen molar-refractivity contribution in [2.75, 3.05) is 13.1 Å². The number of piperidine rings is 1. The van der Waals surface area contributed by atoms with Gasteiger partial charge < -0.3 is 11.1 Å². The first-order valence-electron chi connectivity index (χ1n) is 7.62. The molecule has 3 N–H and O–H groups in total. The molecule has 1 aliphatic carbocycles. The van der Waals surface area contributed by atoms with E-state index >= 15 is 0 Å². The van der Waals surface area contributed by atoms with Gasteiger partial charge in [0.15, 0.2) is 0 Å². The highest BCUT2D eigenvalue weighted by molar-refractivity contribution is 5.77. The molecule has 0 aromatic carbocycles. The van der Waals surface area contributed by atoms with Crippen molar-refractivity contribution in [3.05, 3.63) is 0 Å². The van der Waals surface area contributed by atoms with Gasteiger partial charge in [-0.25, -0.2) is 0 Å². The van der Waals surface area contributed by atoms with Gasteiger partial charge in [-0.05, 0) is 52.9 Å². The molecule has 0 aromatic heterocycles. The summed E-state index contributed by atoms with van der Waals surface area (Å²) in [6, 6.07) is 0.342. The molecule has 0 atom stereocenters. The van der Waals surface area contributed by atoms with Gasteiger partial charge >= 0.3 is 0 Å². The van der Waals surface area contributed by atoms with Crippen molar-refractivity contribution >= 4 is 5.91 Å². The average molecular weight is 267 g/mol. The van der Waals surface area contributed by atoms with E-state index in [2.05, 4.69) is 31.0 Å². The van der Waals surface area contributed by atoms with Crippen LogP contribution in [-0.2, 0) is 4.79 Å². The molecule has 1 aliphatic heterocycles. The first-order valence-corrected chi connectivity index (χ1v) is 7.62. The van der Waals surface area contributed by atoms with Crippen molar-refractivity contribution in [2.24, 2.45) is 5.73 Å². The molecule has 0 bridgehead atoms. The first kappa shape index (κ1) is 14.8. The predicted molar refractivity (Wildman–Crippen MR) is 77.9 cm³/mol. The third-order valence-electron chi connectivity index (χ3n) is 4.67. The van der Waals surface area contributed by atoms with E-state index in [1.165, 1.54) is 6.42 Å². The molecule has 0 aromatic rings. The molecule has 0 spiro atoms. The highest BCUT2D eigenvalue weighted by Gasteiger charge is 2.35. The third-order valence-corrected chi connectivity index (χ3v) is 4.67. The molecular weight excluding hydrogens is 238 g/mol. The quantitative estimate of drug-likeness (QED) is 0.817. The maximum absolute atomic E-state index is 12.0. The molecule has 2 aliphatic rings. The maximum Gasteiger partial charge on any atom is 0.222 e. The second-order valence-corrected chi connectivity index (χ2v) is 7.39. The lowest BCUT2D eigenvalue weighted by Crippen LogP contribution is -2.53. The minimum atomic E-state index is -0.198. The topological polar surface area (TPSA) is 58.4 Å². The van der Waals surface area contributed by atoms with E-state index in [0.29, 0.717) is 12.5 Å². The average Bonchev–Trinajstić information content (AvgIpc) is 2.26. The van der Waals surface area contributed by atoms with E-state index < -0.39 is 0 Å². The van der Waals surface area contributed by atoms with Crippen molar-refractivity contribution in [3.63, 3.8) is 0 Å². The molecule has 2 rings (SSSR count). The predicted octanol–water partition coefficient (Wildman–Crippen LogP) is 1.64. The van der Waals surface area contributed by atoms with E-state index in [0.717, 1.165) is 38.8 Å². The van der Waals surface area contributed by atoms with Crippen LogP contribution in [0.4, 0.5) is 0 Å². The number of amides is 1. The molecule has 1 saturated heterocycles. The Bertz CT molecular complexity index is 323. The van der Waals surface area contributed by atoms with Crippen LogP contribution in [0, 0.1) is 0 Å². The van der Waals surface area contributed by atoms with Crippen LogP contribution >= 0.6 is 0 Å². The summed E-state index contributed by atoms with van der Waals surface area (Å²) in [7, 11) is 0. The summed E-state index contributed by atoms with van der Waals surface area (Å²) in [6.45, 7) is 8.90. The Kier molecular flexibility index (Phi) is 4.21. The van der Waals surface area contributed by atoms with Crippen LogP contribution in [0.25, 0.3) is 0 Å². The third kappa shape index (κ3) is 3.93. The number of nitrogens with one attached hydrogen (secondary N) is 1. The molecule has 1 saturated carbocycles. The van der Waals surface area contributed by atoms with Crippen molar-refractivity contribution in [1.29, 1.82) is 0 Å². The molecule has 2 fully saturated rings. The lowest BCUT2D eigenvalue weighted by molar-refractivity contribution is -0.124. The van der Waals surface area contributed by atoms with Crippen molar-refractivity contribution in [2.45, 2.75) is 76.4 Å². The summed E-state index contributed by atoms with van der Waals surface area (Å²) in [5.74, 6) is 0.149. The highest BCUT2D eigenvalue weighted by Crippen LogP contribution is 2.32. The van der Waals surface area contributed by atoms with Gasteiger partial charge in [0.2, 0.25) is 5.91 Å². The summed E-state index contributed by atoms with van der Waals surface area (Å²) in [5.41, 5.74) is 6.16. The Morgan fingerprint density at radius 3 is 2.32 bits per heavy atom. The molecule has 110 valence electrons. The smallest absolute Gasteiger partial charge is 0.222 e. The summed E-state index contributed by atoms with van der Waals surface area (Å²) in [4.78, 5) is 14.5. The van der Waals surface area contributed by atoms with E-state index in [1.54, 1.807) is 0 Å². The molecule has 19 heavy (non-hydrogen) atoms. The molecule has 0 radical (unpaired) electrons. The van der Waals surface area contributed by atoms with Crippen LogP contribution in [0.15, 0.2) is 0 Å². The second kappa shape index (κ2) is 5.41. The number of rotatable bonds is 3. The van der Waals surface area contributed by atoms with Gasteiger partial charge in [-0.3, -0.25) is 9.69 Å². The molecule has 4 heteroatoms. The van der Waals surface area contributed by atoms with Gasteiger partial charge in [-0.2, -0.15) is 0 Å². The van der Waals surface area contributed by atoms with Crippen LogP contribution < -0.4 is 11.1 Å². The van der Waals surface area contributed by atoms with Gasteiger partial charge in [-0.15, -0.1) is 0 Å². The Balaban J connectivity index is 1.72. The number of nitrogens with two attached hydrogens (primary N) is 1. The zero-order valence-corrected chi connectivity index (χ0v) is 12.7. The number of hydrogen-bond acceptors (Lipinski definition) is 3. The second-order valence-electron chi connectivity index (χ2n) is 7.39. The Morgan fingerprint density at radius 2 is 1.89 bits per heavy atom. The lowest BCUT2D eigenvalue weighted by atomic mass is 9.75. The number of likely N-dealkylation sites (tertiary alicyclic amines) is 1. The van der Waals surface area contributed by atoms with Crippen LogP contribution in [0.2, 0.25) is 0 Å². The first-order chi connectivity index (χ1) is 8.78. The highest BCUT2D eigenvalue weighted by atomic mass is 16.1. The Labute approximate surface area is 117 Å². The van der Waals surface area contributed by atoms with Gasteiger partial charge in [0, 0.05) is 36.6 Å². The summed E-state index contributed by atoms with van der Waals surface area (Å²) >= 11 is 0. The van der Waals surface area contributed by atoms with Crippen LogP contribution in [-0.4, -0.2) is 41.0 Å². The number of hydrogen-bond donors (Lipinski definition) is 2. The molecule has 4 nitrogen and oxygen atoms in total. The normalized spacial score (nSPS) is 24.8. The maximum atomic E-state index is 12.0. The van der Waals surface area contributed by atoms with Gasteiger partial charge in [0.1, 0.15) is 0 Å². The minimum Gasteiger partial charge on any atom is -0.353 e. The fraction of sp³-hybridized carbons (Fsp3) is 0.933. The summed E-state index contributed by atoms with van der Waals surface area (Å²) < 4.78 is 0. The van der Waals surface area contributed by atoms with Crippen LogP contribution in [0.3, 0.4) is 0 Å². The largest absolute Gasteiger partial charge is 0.353 e. The van der Waals surface area contributed by atoms with Gasteiger partial charge in [-0.1, -0.05) is 0 Å². The Hall–Kier alpha value is -0.610. The van der Waals surface area contributed by atoms with E-state index in [-0.39, 0.29) is 17.0 Å². The monoisotopic (exact) mass is 267 g/mol. The zero-order valence-electron chi connectivity index (χ0n) is 12.7. The summed E-state index contributed by atoms with van der Waals surface area (Å²) in [5, 5.41) is 3.17. The fourth-order valence-corrected chi connectivity index (χ4v) is 3.10. The van der Waals surface area contributed by atoms with E-state index in [1.807, 2.05) is 0 Å². The molecule has 0 unspecified atom stereocenters.